The zero-order chi connectivity index (χ0) is 11.0. The SMILES string of the molecule is [B]C([B])(O)C([B])([B])c1ccc(F)cc1. The number of aliphatic hydroxyl groups is 1. The van der Waals surface area contributed by atoms with Gasteiger partial charge < -0.3 is 5.11 Å². The van der Waals surface area contributed by atoms with E-state index in [-0.39, 0.29) is 5.56 Å². The van der Waals surface area contributed by atoms with Gasteiger partial charge in [0.2, 0.25) is 0 Å². The monoisotopic (exact) mass is 180 g/mol. The number of halogens is 1. The average molecular weight is 179 g/mol. The van der Waals surface area contributed by atoms with E-state index in [0.29, 0.717) is 0 Å². The van der Waals surface area contributed by atoms with Crippen molar-refractivity contribution in [3.63, 3.8) is 0 Å². The Morgan fingerprint density at radius 3 is 1.79 bits per heavy atom. The van der Waals surface area contributed by atoms with Crippen LogP contribution in [0.1, 0.15) is 5.56 Å². The van der Waals surface area contributed by atoms with Crippen LogP contribution in [0, 0.1) is 5.82 Å². The smallest absolute Gasteiger partial charge is 0.123 e. The lowest BCUT2D eigenvalue weighted by Crippen LogP contribution is -2.54. The molecule has 0 aliphatic carbocycles. The predicted molar refractivity (Wildman–Crippen MR) is 56.0 cm³/mol. The summed E-state index contributed by atoms with van der Waals surface area (Å²) in [6.45, 7) is 0. The largest absolute Gasteiger partial charge is 0.410 e. The van der Waals surface area contributed by atoms with E-state index < -0.39 is 16.4 Å². The Hall–Kier alpha value is -0.630. The van der Waals surface area contributed by atoms with Crippen LogP contribution < -0.4 is 0 Å². The maximum absolute atomic E-state index is 12.6. The van der Waals surface area contributed by atoms with Gasteiger partial charge in [0, 0.05) is 0 Å². The van der Waals surface area contributed by atoms with Crippen LogP contribution >= 0.6 is 0 Å². The molecule has 1 rings (SSSR count). The first-order valence-corrected chi connectivity index (χ1v) is 3.89. The molecule has 0 aliphatic heterocycles. The van der Waals surface area contributed by atoms with Crippen LogP contribution in [0.2, 0.25) is 0 Å². The molecule has 1 aromatic rings. The van der Waals surface area contributed by atoms with Gasteiger partial charge in [-0.05, 0) is 17.5 Å². The molecule has 1 nitrogen and oxygen atoms in total. The van der Waals surface area contributed by atoms with Crippen LogP contribution in [0.25, 0.3) is 0 Å². The van der Waals surface area contributed by atoms with E-state index >= 15 is 0 Å². The molecule has 0 saturated heterocycles. The molecule has 0 unspecified atom stereocenters. The molecule has 0 aliphatic rings. The van der Waals surface area contributed by atoms with Crippen LogP contribution in [-0.2, 0) is 5.21 Å². The molecule has 0 spiro atoms. The van der Waals surface area contributed by atoms with E-state index in [1.54, 1.807) is 0 Å². The highest BCUT2D eigenvalue weighted by Gasteiger charge is 2.33. The molecule has 8 radical (unpaired) electrons. The summed E-state index contributed by atoms with van der Waals surface area (Å²) in [6.07, 6.45) is 0. The van der Waals surface area contributed by atoms with E-state index in [4.69, 9.17) is 31.4 Å². The molecule has 0 fully saturated rings. The van der Waals surface area contributed by atoms with E-state index in [1.165, 1.54) is 12.1 Å². The van der Waals surface area contributed by atoms with Crippen molar-refractivity contribution in [2.75, 3.05) is 0 Å². The molecular formula is C8H5B4FO. The Morgan fingerprint density at radius 2 is 1.43 bits per heavy atom. The molecule has 0 amide bonds. The third-order valence-electron chi connectivity index (χ3n) is 1.98. The van der Waals surface area contributed by atoms with Crippen molar-refractivity contribution in [2.45, 2.75) is 10.6 Å². The third kappa shape index (κ3) is 2.06. The van der Waals surface area contributed by atoms with Crippen LogP contribution in [0.3, 0.4) is 0 Å². The van der Waals surface area contributed by atoms with Crippen molar-refractivity contribution in [3.05, 3.63) is 35.6 Å². The van der Waals surface area contributed by atoms with Crippen molar-refractivity contribution in [1.82, 2.24) is 0 Å². The molecule has 0 atom stereocenters. The molecule has 6 heteroatoms. The minimum atomic E-state index is -2.27. The maximum Gasteiger partial charge on any atom is 0.123 e. The Balaban J connectivity index is 3.10. The predicted octanol–water partition coefficient (Wildman–Crippen LogP) is -0.701. The Bertz CT molecular complexity index is 317. The first-order chi connectivity index (χ1) is 6.25. The topological polar surface area (TPSA) is 20.2 Å². The maximum atomic E-state index is 12.6. The summed E-state index contributed by atoms with van der Waals surface area (Å²) in [7, 11) is 21.4. The summed E-state index contributed by atoms with van der Waals surface area (Å²) >= 11 is 0. The highest BCUT2D eigenvalue weighted by Crippen LogP contribution is 2.25. The van der Waals surface area contributed by atoms with Gasteiger partial charge in [0.25, 0.3) is 0 Å². The Kier molecular flexibility index (Phi) is 2.86. The normalized spacial score (nSPS) is 12.7. The van der Waals surface area contributed by atoms with E-state index in [0.717, 1.165) is 12.1 Å². The van der Waals surface area contributed by atoms with Gasteiger partial charge in [-0.1, -0.05) is 22.9 Å². The first kappa shape index (κ1) is 11.4. The zero-order valence-corrected chi connectivity index (χ0v) is 7.44. The minimum absolute atomic E-state index is 0.242. The van der Waals surface area contributed by atoms with Crippen molar-refractivity contribution in [2.24, 2.45) is 0 Å². The van der Waals surface area contributed by atoms with Crippen LogP contribution in [0.4, 0.5) is 4.39 Å². The second kappa shape index (κ2) is 3.50. The molecule has 0 heterocycles. The molecule has 0 bridgehead atoms. The van der Waals surface area contributed by atoms with Crippen LogP contribution in [-0.4, -0.2) is 41.9 Å². The van der Waals surface area contributed by atoms with E-state index in [2.05, 4.69) is 0 Å². The highest BCUT2D eigenvalue weighted by molar-refractivity contribution is 6.53. The Morgan fingerprint density at radius 1 is 1.00 bits per heavy atom. The average Bonchev–Trinajstić information content (AvgIpc) is 2.03. The first-order valence-electron chi connectivity index (χ1n) is 3.89. The molecule has 0 aromatic heterocycles. The molecule has 1 aromatic carbocycles. The second-order valence-electron chi connectivity index (χ2n) is 3.20. The fourth-order valence-electron chi connectivity index (χ4n) is 0.957. The summed E-state index contributed by atoms with van der Waals surface area (Å²) in [6, 6.07) is 4.91. The number of benzene rings is 1. The second-order valence-corrected chi connectivity index (χ2v) is 3.20. The van der Waals surface area contributed by atoms with E-state index in [1.807, 2.05) is 0 Å². The minimum Gasteiger partial charge on any atom is -0.410 e. The lowest BCUT2D eigenvalue weighted by atomic mass is 9.33. The van der Waals surface area contributed by atoms with Crippen molar-refractivity contribution in [3.8, 4) is 0 Å². The molecule has 1 N–H and O–H groups in total. The quantitative estimate of drug-likeness (QED) is 0.595. The van der Waals surface area contributed by atoms with Gasteiger partial charge in [0.15, 0.2) is 0 Å². The van der Waals surface area contributed by atoms with Crippen molar-refractivity contribution < 1.29 is 9.50 Å². The summed E-state index contributed by atoms with van der Waals surface area (Å²) in [4.78, 5) is 0. The van der Waals surface area contributed by atoms with Gasteiger partial charge in [-0.3, -0.25) is 0 Å². The van der Waals surface area contributed by atoms with Gasteiger partial charge >= 0.3 is 0 Å². The fourth-order valence-corrected chi connectivity index (χ4v) is 0.957. The van der Waals surface area contributed by atoms with E-state index in [9.17, 15) is 9.50 Å². The molecular weight excluding hydrogens is 174 g/mol. The fraction of sp³-hybridized carbons (Fsp3) is 0.250. The van der Waals surface area contributed by atoms with Crippen molar-refractivity contribution in [1.29, 1.82) is 0 Å². The van der Waals surface area contributed by atoms with Gasteiger partial charge in [0.1, 0.15) is 5.82 Å². The lowest BCUT2D eigenvalue weighted by Gasteiger charge is -2.40. The number of hydrogen-bond donors (Lipinski definition) is 1. The van der Waals surface area contributed by atoms with Crippen molar-refractivity contribution >= 4 is 31.4 Å². The van der Waals surface area contributed by atoms with Crippen LogP contribution in [0.5, 0.6) is 0 Å². The summed E-state index contributed by atoms with van der Waals surface area (Å²) in [5.74, 6) is -0.442. The summed E-state index contributed by atoms with van der Waals surface area (Å²) < 4.78 is 12.6. The van der Waals surface area contributed by atoms with Crippen LogP contribution in [0.15, 0.2) is 24.3 Å². The molecule has 62 valence electrons. The molecule has 0 saturated carbocycles. The summed E-state index contributed by atoms with van der Waals surface area (Å²) in [5, 5.41) is 5.17. The van der Waals surface area contributed by atoms with Gasteiger partial charge in [-0.2, -0.15) is 0 Å². The molecule has 14 heavy (non-hydrogen) atoms. The van der Waals surface area contributed by atoms with Gasteiger partial charge in [-0.25, -0.2) is 4.39 Å². The number of rotatable bonds is 2. The Labute approximate surface area is 87.7 Å². The lowest BCUT2D eigenvalue weighted by molar-refractivity contribution is 0.193. The standard InChI is InChI=1S/C8H5B4FO/c9-7(10,8(11,12)14)5-1-3-6(13)4-2-5/h1-4,14H. The third-order valence-corrected chi connectivity index (χ3v) is 1.98. The zero-order valence-electron chi connectivity index (χ0n) is 7.44. The number of hydrogen-bond acceptors (Lipinski definition) is 1. The highest BCUT2D eigenvalue weighted by atomic mass is 19.1. The van der Waals surface area contributed by atoms with Gasteiger partial charge in [0.05, 0.1) is 31.4 Å². The van der Waals surface area contributed by atoms with Gasteiger partial charge in [-0.15, -0.1) is 0 Å². The summed E-state index contributed by atoms with van der Waals surface area (Å²) in [5.41, 5.74) is 0.242.